The highest BCUT2D eigenvalue weighted by Crippen LogP contribution is 2.42. The number of hydrogen-bond acceptors (Lipinski definition) is 6. The fourth-order valence-corrected chi connectivity index (χ4v) is 5.50. The summed E-state index contributed by atoms with van der Waals surface area (Å²) in [5.41, 5.74) is -2.33. The Morgan fingerprint density at radius 2 is 1.82 bits per heavy atom. The molecule has 39 heavy (non-hydrogen) atoms. The number of aromatic nitrogens is 1. The molecule has 3 aromatic rings. The Morgan fingerprint density at radius 1 is 1.13 bits per heavy atom. The number of halogens is 4. The first-order valence-electron chi connectivity index (χ1n) is 11.6. The summed E-state index contributed by atoms with van der Waals surface area (Å²) in [6, 6.07) is 6.86. The summed E-state index contributed by atoms with van der Waals surface area (Å²) >= 11 is 5.52. The number of rotatable bonds is 3. The highest BCUT2D eigenvalue weighted by Gasteiger charge is 2.51. The van der Waals surface area contributed by atoms with Crippen molar-refractivity contribution in [2.45, 2.75) is 46.0 Å². The first-order valence-corrected chi connectivity index (χ1v) is 12.0. The van der Waals surface area contributed by atoms with Crippen molar-refractivity contribution in [2.75, 3.05) is 14.7 Å². The van der Waals surface area contributed by atoms with E-state index >= 15 is 4.39 Å². The standard InChI is InChI=1S/C26H19F4N5O3S/c1-12-21(13(2)38-32-12)33-11-18-17(22(33)36)7-16(9-20(18)27)35-24(39)34(23(37)25(35,3)4)15-6-5-14(10-31)19(8-15)26(28,29)30/h5-9H,11H2,1-4H3. The average Bonchev–Trinajstić information content (AvgIpc) is 3.42. The van der Waals surface area contributed by atoms with Gasteiger partial charge in [-0.05, 0) is 70.2 Å². The molecule has 5 rings (SSSR count). The van der Waals surface area contributed by atoms with Crippen LogP contribution in [0, 0.1) is 31.0 Å². The van der Waals surface area contributed by atoms with E-state index in [0.717, 1.165) is 17.0 Å². The molecule has 2 amide bonds. The summed E-state index contributed by atoms with van der Waals surface area (Å²) in [5, 5.41) is 12.7. The molecule has 0 aliphatic carbocycles. The van der Waals surface area contributed by atoms with Gasteiger partial charge in [-0.15, -0.1) is 0 Å². The van der Waals surface area contributed by atoms with Crippen LogP contribution in [-0.2, 0) is 17.5 Å². The predicted molar refractivity (Wildman–Crippen MR) is 136 cm³/mol. The summed E-state index contributed by atoms with van der Waals surface area (Å²) in [6.07, 6.45) is -4.85. The molecule has 3 heterocycles. The van der Waals surface area contributed by atoms with Crippen molar-refractivity contribution in [2.24, 2.45) is 0 Å². The number of anilines is 3. The second-order valence-electron chi connectivity index (χ2n) is 9.67. The molecule has 0 N–H and O–H groups in total. The van der Waals surface area contributed by atoms with Gasteiger partial charge in [0.05, 0.1) is 29.4 Å². The molecule has 0 bridgehead atoms. The maximum absolute atomic E-state index is 15.4. The first-order chi connectivity index (χ1) is 18.2. The largest absolute Gasteiger partial charge is 0.417 e. The number of carbonyl (C=O) groups is 2. The third-order valence-corrected chi connectivity index (χ3v) is 7.22. The van der Waals surface area contributed by atoms with E-state index in [-0.39, 0.29) is 34.2 Å². The van der Waals surface area contributed by atoms with E-state index in [4.69, 9.17) is 22.0 Å². The molecule has 2 aromatic carbocycles. The SMILES string of the molecule is Cc1noc(C)c1N1Cc2c(F)cc(N3C(=S)N(c4ccc(C#N)c(C(F)(F)F)c4)C(=O)C3(C)C)cc2C1=O. The molecule has 0 unspecified atom stereocenters. The van der Waals surface area contributed by atoms with Crippen LogP contribution < -0.4 is 14.7 Å². The Labute approximate surface area is 225 Å². The third-order valence-electron chi connectivity index (χ3n) is 6.85. The van der Waals surface area contributed by atoms with Gasteiger partial charge in [-0.25, -0.2) is 4.39 Å². The lowest BCUT2D eigenvalue weighted by Gasteiger charge is -2.29. The zero-order valence-corrected chi connectivity index (χ0v) is 21.8. The minimum Gasteiger partial charge on any atom is -0.359 e. The highest BCUT2D eigenvalue weighted by molar-refractivity contribution is 7.81. The number of nitriles is 1. The molecule has 2 aliphatic rings. The predicted octanol–water partition coefficient (Wildman–Crippen LogP) is 5.40. The molecule has 200 valence electrons. The van der Waals surface area contributed by atoms with E-state index in [1.54, 1.807) is 13.8 Å². The summed E-state index contributed by atoms with van der Waals surface area (Å²) in [4.78, 5) is 30.4. The van der Waals surface area contributed by atoms with Crippen molar-refractivity contribution in [1.82, 2.24) is 5.16 Å². The lowest BCUT2D eigenvalue weighted by atomic mass is 10.0. The van der Waals surface area contributed by atoms with Gasteiger partial charge in [-0.2, -0.15) is 18.4 Å². The van der Waals surface area contributed by atoms with Crippen LogP contribution in [0.5, 0.6) is 0 Å². The monoisotopic (exact) mass is 557 g/mol. The van der Waals surface area contributed by atoms with Crippen molar-refractivity contribution < 1.29 is 31.7 Å². The van der Waals surface area contributed by atoms with Crippen LogP contribution in [-0.4, -0.2) is 27.6 Å². The summed E-state index contributed by atoms with van der Waals surface area (Å²) in [6.45, 7) is 6.19. The van der Waals surface area contributed by atoms with E-state index in [9.17, 15) is 22.8 Å². The van der Waals surface area contributed by atoms with Crippen LogP contribution in [0.4, 0.5) is 34.6 Å². The molecular weight excluding hydrogens is 538 g/mol. The van der Waals surface area contributed by atoms with Crippen LogP contribution in [0.15, 0.2) is 34.9 Å². The Kier molecular flexibility index (Phi) is 5.80. The van der Waals surface area contributed by atoms with E-state index in [1.165, 1.54) is 41.8 Å². The van der Waals surface area contributed by atoms with Crippen LogP contribution in [0.25, 0.3) is 0 Å². The number of amides is 2. The molecule has 1 fully saturated rings. The molecule has 1 aromatic heterocycles. The molecular formula is C26H19F4N5O3S. The van der Waals surface area contributed by atoms with Gasteiger partial charge in [0, 0.05) is 16.8 Å². The highest BCUT2D eigenvalue weighted by atomic mass is 32.1. The fraction of sp³-hybridized carbons (Fsp3) is 0.269. The number of hydrogen-bond donors (Lipinski definition) is 0. The van der Waals surface area contributed by atoms with Crippen molar-refractivity contribution in [3.8, 4) is 6.07 Å². The molecule has 0 radical (unpaired) electrons. The Bertz CT molecular complexity index is 1620. The van der Waals surface area contributed by atoms with E-state index in [2.05, 4.69) is 5.16 Å². The van der Waals surface area contributed by atoms with Gasteiger partial charge in [0.15, 0.2) is 10.9 Å². The van der Waals surface area contributed by atoms with Crippen molar-refractivity contribution in [1.29, 1.82) is 5.26 Å². The molecule has 0 saturated carbocycles. The Hall–Kier alpha value is -4.31. The van der Waals surface area contributed by atoms with Gasteiger partial charge in [-0.3, -0.25) is 19.4 Å². The number of aryl methyl sites for hydroxylation is 2. The van der Waals surface area contributed by atoms with Crippen molar-refractivity contribution in [3.05, 3.63) is 69.9 Å². The zero-order valence-electron chi connectivity index (χ0n) is 21.0. The summed E-state index contributed by atoms with van der Waals surface area (Å²) < 4.78 is 61.4. The van der Waals surface area contributed by atoms with Gasteiger partial charge >= 0.3 is 6.18 Å². The fourth-order valence-electron chi connectivity index (χ4n) is 4.98. The zero-order chi connectivity index (χ0) is 28.6. The number of benzene rings is 2. The van der Waals surface area contributed by atoms with Crippen molar-refractivity contribution >= 4 is 46.2 Å². The summed E-state index contributed by atoms with van der Waals surface area (Å²) in [7, 11) is 0. The first kappa shape index (κ1) is 26.3. The second-order valence-corrected chi connectivity index (χ2v) is 10.0. The normalized spacial score (nSPS) is 16.8. The molecule has 8 nitrogen and oxygen atoms in total. The van der Waals surface area contributed by atoms with Gasteiger partial charge in [0.2, 0.25) is 0 Å². The molecule has 0 spiro atoms. The minimum absolute atomic E-state index is 0.0484. The number of thiocarbonyl (C=S) groups is 1. The quantitative estimate of drug-likeness (QED) is 0.315. The number of fused-ring (bicyclic) bond motifs is 1. The lowest BCUT2D eigenvalue weighted by molar-refractivity contribution is -0.137. The van der Waals surface area contributed by atoms with E-state index < -0.39 is 40.5 Å². The Balaban J connectivity index is 1.57. The minimum atomic E-state index is -4.85. The van der Waals surface area contributed by atoms with Crippen LogP contribution in [0.1, 0.15) is 52.3 Å². The van der Waals surface area contributed by atoms with Crippen LogP contribution in [0.2, 0.25) is 0 Å². The Morgan fingerprint density at radius 3 is 2.41 bits per heavy atom. The van der Waals surface area contributed by atoms with Gasteiger partial charge in [-0.1, -0.05) is 5.16 Å². The number of carbonyl (C=O) groups excluding carboxylic acids is 2. The van der Waals surface area contributed by atoms with Crippen molar-refractivity contribution in [3.63, 3.8) is 0 Å². The van der Waals surface area contributed by atoms with Gasteiger partial charge in [0.25, 0.3) is 11.8 Å². The van der Waals surface area contributed by atoms with E-state index in [1.807, 2.05) is 0 Å². The molecule has 1 saturated heterocycles. The van der Waals surface area contributed by atoms with Crippen LogP contribution in [0.3, 0.4) is 0 Å². The van der Waals surface area contributed by atoms with Crippen LogP contribution >= 0.6 is 12.2 Å². The van der Waals surface area contributed by atoms with Gasteiger partial charge in [0.1, 0.15) is 22.7 Å². The molecule has 0 atom stereocenters. The summed E-state index contributed by atoms with van der Waals surface area (Å²) in [5.74, 6) is -1.51. The van der Waals surface area contributed by atoms with E-state index in [0.29, 0.717) is 23.2 Å². The maximum Gasteiger partial charge on any atom is 0.417 e. The third kappa shape index (κ3) is 3.85. The second kappa shape index (κ2) is 8.60. The maximum atomic E-state index is 15.4. The molecule has 2 aliphatic heterocycles. The number of alkyl halides is 3. The lowest BCUT2D eigenvalue weighted by Crippen LogP contribution is -2.44. The van der Waals surface area contributed by atoms with Gasteiger partial charge < -0.3 is 9.42 Å². The average molecular weight is 558 g/mol. The number of nitrogens with zero attached hydrogens (tertiary/aromatic N) is 5. The smallest absolute Gasteiger partial charge is 0.359 e. The molecule has 13 heteroatoms. The topological polar surface area (TPSA) is 93.7 Å².